The van der Waals surface area contributed by atoms with E-state index in [9.17, 15) is 41.9 Å². The van der Waals surface area contributed by atoms with Crippen molar-refractivity contribution in [3.8, 4) is 17.0 Å². The van der Waals surface area contributed by atoms with Crippen molar-refractivity contribution in [3.63, 3.8) is 0 Å². The number of pyridine rings is 2. The fourth-order valence-electron chi connectivity index (χ4n) is 10.2. The summed E-state index contributed by atoms with van der Waals surface area (Å²) in [5, 5.41) is 13.6. The van der Waals surface area contributed by atoms with Crippen molar-refractivity contribution in [2.75, 3.05) is 109 Å². The number of aliphatic carboxylic acids is 1. The molecule has 4 aromatic rings. The number of halogens is 3. The lowest BCUT2D eigenvalue weighted by molar-refractivity contribution is -0.143. The van der Waals surface area contributed by atoms with Gasteiger partial charge in [-0.25, -0.2) is 9.78 Å². The number of nitrogens with two attached hydrogens (primary N) is 1. The van der Waals surface area contributed by atoms with Crippen molar-refractivity contribution < 1.29 is 80.2 Å². The number of Topliss-reactive ketones (excluding diaryl/α,β-unsaturated/α-hetero) is 1. The van der Waals surface area contributed by atoms with Crippen LogP contribution in [0.1, 0.15) is 154 Å². The van der Waals surface area contributed by atoms with Crippen LogP contribution >= 0.6 is 0 Å². The van der Waals surface area contributed by atoms with Crippen LogP contribution < -0.4 is 26.0 Å². The number of carboxylic acid groups (broad SMARTS) is 1. The standard InChI is InChI=1S/C29H31F3N4O7.C19H25N3O3.C19H38O4/c1-19-24(15-23(17-33-19)35-27(39)20-3-2-4-22(13-20)29(30,31)32)21-14-25(36-5-7-40-8-6-36)28(34-16-21)43-12-11-41-9-10-42-18-26(37)38;20-11-4-2-1-3-6-13-7-5-8-14-15(13)12-22(19(14)25)16-9-10-17(23)21-18(16)24;1-17(2)10-8-6-5-7-9-11-19(20)16-22-13-12-21-14-15-23-18(3)4/h2-4,13-17H,5-12,18H2,1H3,(H,35,39)(H,37,38);5,7-8,16H,1-4,6,9-12,20H2,(H,21,23,24);17-18H,5-16H2,1-4H3. The Kier molecular flexibility index (Phi) is 33.6. The van der Waals surface area contributed by atoms with Crippen molar-refractivity contribution in [1.29, 1.82) is 0 Å². The number of anilines is 2. The van der Waals surface area contributed by atoms with Gasteiger partial charge in [-0.05, 0) is 113 Å². The number of carboxylic acids is 1. The Morgan fingerprint density at radius 2 is 1.45 bits per heavy atom. The van der Waals surface area contributed by atoms with Crippen LogP contribution in [0, 0.1) is 12.8 Å². The zero-order valence-corrected chi connectivity index (χ0v) is 53.6. The summed E-state index contributed by atoms with van der Waals surface area (Å²) in [6, 6.07) is 13.1. The molecule has 4 amide bonds. The highest BCUT2D eigenvalue weighted by atomic mass is 19.4. The number of hydrogen-bond acceptors (Lipinski definition) is 17. The number of aromatic nitrogens is 2. The highest BCUT2D eigenvalue weighted by Crippen LogP contribution is 2.35. The number of ether oxygens (including phenoxy) is 7. The number of carbonyl (C=O) groups excluding carboxylic acids is 5. The largest absolute Gasteiger partial charge is 0.480 e. The average molecular weight is 1280 g/mol. The number of alkyl halides is 3. The number of unbranched alkanes of at least 4 members (excludes halogenated alkanes) is 7. The van der Waals surface area contributed by atoms with Gasteiger partial charge in [0.2, 0.25) is 17.7 Å². The number of rotatable bonds is 37. The van der Waals surface area contributed by atoms with E-state index < -0.39 is 29.7 Å². The number of benzene rings is 2. The third-order valence-corrected chi connectivity index (χ3v) is 15.0. The Morgan fingerprint density at radius 1 is 0.780 bits per heavy atom. The van der Waals surface area contributed by atoms with Gasteiger partial charge in [-0.3, -0.25) is 34.3 Å². The van der Waals surface area contributed by atoms with Gasteiger partial charge in [0.25, 0.3) is 11.8 Å². The molecule has 7 rings (SSSR count). The maximum Gasteiger partial charge on any atom is 0.416 e. The van der Waals surface area contributed by atoms with Crippen LogP contribution in [0.2, 0.25) is 0 Å². The quantitative estimate of drug-likeness (QED) is 0.0241. The van der Waals surface area contributed by atoms with Crippen molar-refractivity contribution in [1.82, 2.24) is 20.2 Å². The van der Waals surface area contributed by atoms with Crippen LogP contribution in [0.5, 0.6) is 5.88 Å². The van der Waals surface area contributed by atoms with Crippen molar-refractivity contribution in [3.05, 3.63) is 101 Å². The van der Waals surface area contributed by atoms with Gasteiger partial charge in [0, 0.05) is 66.6 Å². The molecular formula is C67H94F3N7O14. The third kappa shape index (κ3) is 27.4. The molecule has 0 aliphatic carbocycles. The molecular weight excluding hydrogens is 1180 g/mol. The van der Waals surface area contributed by atoms with Crippen LogP contribution in [0.25, 0.3) is 11.1 Å². The van der Waals surface area contributed by atoms with Gasteiger partial charge in [0.15, 0.2) is 5.78 Å². The summed E-state index contributed by atoms with van der Waals surface area (Å²) in [5.41, 5.74) is 10.4. The Morgan fingerprint density at radius 3 is 2.15 bits per heavy atom. The zero-order valence-electron chi connectivity index (χ0n) is 53.6. The highest BCUT2D eigenvalue weighted by Gasteiger charge is 2.40. The summed E-state index contributed by atoms with van der Waals surface area (Å²) in [7, 11) is 0. The van der Waals surface area contributed by atoms with Crippen LogP contribution in [0.3, 0.4) is 0 Å². The minimum atomic E-state index is -4.57. The molecule has 5 N–H and O–H groups in total. The minimum absolute atomic E-state index is 0.102. The monoisotopic (exact) mass is 1280 g/mol. The normalized spacial score (nSPS) is 14.8. The van der Waals surface area contributed by atoms with E-state index in [1.54, 1.807) is 24.1 Å². The topological polar surface area (TPSA) is 270 Å². The first-order chi connectivity index (χ1) is 43.7. The van der Waals surface area contributed by atoms with Gasteiger partial charge < -0.3 is 59.1 Å². The van der Waals surface area contributed by atoms with E-state index >= 15 is 0 Å². The van der Waals surface area contributed by atoms with E-state index in [2.05, 4.69) is 45.4 Å². The van der Waals surface area contributed by atoms with E-state index in [-0.39, 0.29) is 81.2 Å². The summed E-state index contributed by atoms with van der Waals surface area (Å²) in [6.45, 7) is 16.6. The summed E-state index contributed by atoms with van der Waals surface area (Å²) in [5.74, 6) is -1.08. The van der Waals surface area contributed by atoms with Crippen molar-refractivity contribution in [2.45, 2.75) is 149 Å². The van der Waals surface area contributed by atoms with Gasteiger partial charge in [0.05, 0.1) is 83.0 Å². The van der Waals surface area contributed by atoms with Crippen molar-refractivity contribution >= 4 is 46.8 Å². The fraction of sp³-hybridized carbons (Fsp3) is 0.582. The highest BCUT2D eigenvalue weighted by molar-refractivity contribution is 6.06. The smallest absolute Gasteiger partial charge is 0.416 e. The van der Waals surface area contributed by atoms with Crippen LogP contribution in [-0.4, -0.2) is 166 Å². The molecule has 0 bridgehead atoms. The molecule has 0 saturated carbocycles. The molecule has 2 fully saturated rings. The van der Waals surface area contributed by atoms with Gasteiger partial charge in [-0.15, -0.1) is 0 Å². The molecule has 1 atom stereocenters. The molecule has 0 spiro atoms. The number of hydrogen-bond donors (Lipinski definition) is 4. The lowest BCUT2D eigenvalue weighted by Gasteiger charge is -2.30. The number of piperidine rings is 1. The number of morpholine rings is 1. The lowest BCUT2D eigenvalue weighted by atomic mass is 9.98. The molecule has 2 saturated heterocycles. The summed E-state index contributed by atoms with van der Waals surface area (Å²) < 4.78 is 77.1. The van der Waals surface area contributed by atoms with Gasteiger partial charge >= 0.3 is 12.1 Å². The Balaban J connectivity index is 0.000000268. The minimum Gasteiger partial charge on any atom is -0.480 e. The second-order valence-electron chi connectivity index (χ2n) is 23.1. The Hall–Kier alpha value is -6.93. The molecule has 21 nitrogen and oxygen atoms in total. The number of nitrogens with zero attached hydrogens (tertiary/aromatic N) is 4. The lowest BCUT2D eigenvalue weighted by Crippen LogP contribution is -2.52. The van der Waals surface area contributed by atoms with Crippen LogP contribution in [0.15, 0.2) is 67.0 Å². The molecule has 5 heterocycles. The van der Waals surface area contributed by atoms with Crippen molar-refractivity contribution in [2.24, 2.45) is 11.7 Å². The van der Waals surface area contributed by atoms with E-state index in [1.165, 1.54) is 49.6 Å². The average Bonchev–Trinajstić information content (AvgIpc) is 1.71. The molecule has 3 aliphatic heterocycles. The SMILES string of the molecule is CC(C)CCCCCCCC(=O)COCCOCCOC(C)C.Cc1ncc(NC(=O)c2cccc(C(F)(F)F)c2)cc1-c1cnc(OCCOCCOCC(=O)O)c(N2CCOCC2)c1.NCCCCCCc1cccc2c1CN(C1CCC(=O)NC1=O)C2=O. The zero-order chi connectivity index (χ0) is 66.0. The molecule has 0 radical (unpaired) electrons. The maximum absolute atomic E-state index is 13.1. The first-order valence-corrected chi connectivity index (χ1v) is 31.8. The predicted octanol–water partition coefficient (Wildman–Crippen LogP) is 9.97. The second kappa shape index (κ2) is 40.8. The van der Waals surface area contributed by atoms with Crippen LogP contribution in [-0.2, 0) is 66.7 Å². The molecule has 91 heavy (non-hydrogen) atoms. The molecule has 502 valence electrons. The van der Waals surface area contributed by atoms with E-state index in [1.807, 2.05) is 32.0 Å². The van der Waals surface area contributed by atoms with Gasteiger partial charge in [-0.1, -0.05) is 77.0 Å². The number of fused-ring (bicyclic) bond motifs is 1. The second-order valence-corrected chi connectivity index (χ2v) is 23.1. The van der Waals surface area contributed by atoms with Gasteiger partial charge in [0.1, 0.15) is 31.5 Å². The number of amides is 4. The predicted molar refractivity (Wildman–Crippen MR) is 338 cm³/mol. The summed E-state index contributed by atoms with van der Waals surface area (Å²) in [4.78, 5) is 83.7. The van der Waals surface area contributed by atoms with E-state index in [0.29, 0.717) is 106 Å². The third-order valence-electron chi connectivity index (χ3n) is 15.0. The summed E-state index contributed by atoms with van der Waals surface area (Å²) in [6.07, 6.45) is 12.7. The molecule has 3 aliphatic rings. The Labute approximate surface area is 532 Å². The number of nitrogens with one attached hydrogen (secondary N) is 2. The molecule has 1 unspecified atom stereocenters. The Bertz CT molecular complexity index is 2910. The number of aryl methyl sites for hydroxylation is 2. The van der Waals surface area contributed by atoms with E-state index in [4.69, 9.17) is 44.0 Å². The molecule has 2 aromatic carbocycles. The number of imide groups is 1. The molecule has 24 heteroatoms. The van der Waals surface area contributed by atoms with Gasteiger partial charge in [-0.2, -0.15) is 13.2 Å². The first-order valence-electron chi connectivity index (χ1n) is 31.8. The number of ketones is 1. The molecule has 2 aromatic heterocycles. The van der Waals surface area contributed by atoms with E-state index in [0.717, 1.165) is 80.8 Å². The fourth-order valence-corrected chi connectivity index (χ4v) is 10.2. The maximum atomic E-state index is 13.1. The van der Waals surface area contributed by atoms with Crippen LogP contribution in [0.4, 0.5) is 24.5 Å². The number of carbonyl (C=O) groups is 6. The summed E-state index contributed by atoms with van der Waals surface area (Å²) >= 11 is 0. The first kappa shape index (κ1) is 74.8.